The number of esters is 1. The van der Waals surface area contributed by atoms with Crippen LogP contribution in [0.3, 0.4) is 0 Å². The first-order chi connectivity index (χ1) is 6.27. The zero-order chi connectivity index (χ0) is 9.68. The van der Waals surface area contributed by atoms with Gasteiger partial charge >= 0.3 is 5.97 Å². The van der Waals surface area contributed by atoms with E-state index in [1.54, 1.807) is 0 Å². The third-order valence-electron chi connectivity index (χ3n) is 1.25. The molecule has 0 atom stereocenters. The van der Waals surface area contributed by atoms with Crippen LogP contribution in [-0.2, 0) is 9.53 Å². The van der Waals surface area contributed by atoms with E-state index < -0.39 is 5.97 Å². The standard InChI is InChI=1S/C9H6O4/c1-12-9(11)8-5-4-7(13-8)3-2-6-10/h4-6H,1H3. The lowest BCUT2D eigenvalue weighted by Crippen LogP contribution is -1.98. The Bertz CT molecular complexity index is 378. The molecule has 0 bridgehead atoms. The van der Waals surface area contributed by atoms with E-state index in [0.717, 1.165) is 0 Å². The number of methoxy groups -OCH3 is 1. The SMILES string of the molecule is COC(=O)c1ccc(C#CC=O)o1. The Morgan fingerprint density at radius 2 is 2.38 bits per heavy atom. The molecule has 0 unspecified atom stereocenters. The maximum absolute atomic E-state index is 10.9. The third-order valence-corrected chi connectivity index (χ3v) is 1.25. The van der Waals surface area contributed by atoms with E-state index in [9.17, 15) is 9.59 Å². The number of furan rings is 1. The molecule has 0 spiro atoms. The zero-order valence-corrected chi connectivity index (χ0v) is 6.87. The van der Waals surface area contributed by atoms with Crippen LogP contribution >= 0.6 is 0 Å². The average Bonchev–Trinajstić information content (AvgIpc) is 2.62. The number of aldehydes is 1. The Balaban J connectivity index is 2.86. The van der Waals surface area contributed by atoms with Gasteiger partial charge in [-0.2, -0.15) is 0 Å². The second-order valence-electron chi connectivity index (χ2n) is 2.04. The molecule has 0 saturated carbocycles. The Labute approximate surface area is 74.5 Å². The van der Waals surface area contributed by atoms with Gasteiger partial charge in [-0.3, -0.25) is 4.79 Å². The van der Waals surface area contributed by atoms with Crippen LogP contribution < -0.4 is 0 Å². The zero-order valence-electron chi connectivity index (χ0n) is 6.87. The molecule has 0 aromatic carbocycles. The third kappa shape index (κ3) is 2.20. The number of carbonyl (C=O) groups excluding carboxylic acids is 2. The second-order valence-corrected chi connectivity index (χ2v) is 2.04. The van der Waals surface area contributed by atoms with Gasteiger partial charge in [0.05, 0.1) is 7.11 Å². The van der Waals surface area contributed by atoms with Crippen LogP contribution in [0.1, 0.15) is 16.3 Å². The molecule has 0 aliphatic heterocycles. The minimum absolute atomic E-state index is 0.0673. The van der Waals surface area contributed by atoms with Crippen molar-refractivity contribution in [1.29, 1.82) is 0 Å². The molecule has 4 nitrogen and oxygen atoms in total. The monoisotopic (exact) mass is 178 g/mol. The fourth-order valence-corrected chi connectivity index (χ4v) is 0.716. The largest absolute Gasteiger partial charge is 0.463 e. The van der Waals surface area contributed by atoms with Gasteiger partial charge in [-0.25, -0.2) is 4.79 Å². The summed E-state index contributed by atoms with van der Waals surface area (Å²) in [5, 5.41) is 0. The predicted octanol–water partition coefficient (Wildman–Crippen LogP) is 0.617. The molecule has 1 aromatic heterocycles. The quantitative estimate of drug-likeness (QED) is 0.359. The van der Waals surface area contributed by atoms with Crippen LogP contribution in [0.5, 0.6) is 0 Å². The summed E-state index contributed by atoms with van der Waals surface area (Å²) in [6, 6.07) is 2.92. The molecule has 0 aliphatic carbocycles. The van der Waals surface area contributed by atoms with Crippen molar-refractivity contribution in [3.05, 3.63) is 23.7 Å². The van der Waals surface area contributed by atoms with Crippen molar-refractivity contribution in [1.82, 2.24) is 0 Å². The first kappa shape index (κ1) is 9.07. The van der Waals surface area contributed by atoms with E-state index >= 15 is 0 Å². The predicted molar refractivity (Wildman–Crippen MR) is 43.0 cm³/mol. The van der Waals surface area contributed by atoms with Crippen molar-refractivity contribution in [3.63, 3.8) is 0 Å². The summed E-state index contributed by atoms with van der Waals surface area (Å²) in [6.07, 6.45) is 0.445. The van der Waals surface area contributed by atoms with Crippen molar-refractivity contribution < 1.29 is 18.7 Å². The molecule has 0 amide bonds. The molecular weight excluding hydrogens is 172 g/mol. The maximum atomic E-state index is 10.9. The number of hydrogen-bond acceptors (Lipinski definition) is 4. The molecule has 0 fully saturated rings. The van der Waals surface area contributed by atoms with E-state index in [1.165, 1.54) is 19.2 Å². The fourth-order valence-electron chi connectivity index (χ4n) is 0.716. The van der Waals surface area contributed by atoms with Gasteiger partial charge in [-0.1, -0.05) is 0 Å². The van der Waals surface area contributed by atoms with Crippen LogP contribution in [0, 0.1) is 11.8 Å². The molecule has 4 heteroatoms. The van der Waals surface area contributed by atoms with Gasteiger partial charge in [0, 0.05) is 0 Å². The van der Waals surface area contributed by atoms with Gasteiger partial charge in [0.1, 0.15) is 0 Å². The van der Waals surface area contributed by atoms with E-state index in [1.807, 2.05) is 0 Å². The van der Waals surface area contributed by atoms with Gasteiger partial charge < -0.3 is 9.15 Å². The van der Waals surface area contributed by atoms with Crippen molar-refractivity contribution in [2.45, 2.75) is 0 Å². The Morgan fingerprint density at radius 1 is 1.62 bits per heavy atom. The summed E-state index contributed by atoms with van der Waals surface area (Å²) in [5.74, 6) is 4.31. The molecule has 13 heavy (non-hydrogen) atoms. The molecule has 0 aliphatic rings. The minimum Gasteiger partial charge on any atom is -0.463 e. The maximum Gasteiger partial charge on any atom is 0.374 e. The number of carbonyl (C=O) groups is 2. The van der Waals surface area contributed by atoms with Crippen LogP contribution in [0.4, 0.5) is 0 Å². The Kier molecular flexibility index (Phi) is 2.87. The van der Waals surface area contributed by atoms with Crippen LogP contribution in [0.15, 0.2) is 16.5 Å². The van der Waals surface area contributed by atoms with Crippen molar-refractivity contribution in [2.75, 3.05) is 7.11 Å². The van der Waals surface area contributed by atoms with E-state index in [2.05, 4.69) is 16.6 Å². The molecule has 66 valence electrons. The van der Waals surface area contributed by atoms with Crippen LogP contribution in [0.25, 0.3) is 0 Å². The normalized spacial score (nSPS) is 8.38. The van der Waals surface area contributed by atoms with Crippen LogP contribution in [0.2, 0.25) is 0 Å². The summed E-state index contributed by atoms with van der Waals surface area (Å²) < 4.78 is 9.33. The molecule has 1 heterocycles. The first-order valence-electron chi connectivity index (χ1n) is 3.41. The van der Waals surface area contributed by atoms with Gasteiger partial charge in [-0.05, 0) is 24.0 Å². The van der Waals surface area contributed by atoms with Gasteiger partial charge in [-0.15, -0.1) is 0 Å². The number of rotatable bonds is 1. The van der Waals surface area contributed by atoms with Crippen molar-refractivity contribution in [3.8, 4) is 11.8 Å². The number of ether oxygens (including phenoxy) is 1. The minimum atomic E-state index is -0.570. The smallest absolute Gasteiger partial charge is 0.374 e. The summed E-state index contributed by atoms with van der Waals surface area (Å²) in [7, 11) is 1.25. The lowest BCUT2D eigenvalue weighted by Gasteiger charge is -1.90. The van der Waals surface area contributed by atoms with Crippen LogP contribution in [-0.4, -0.2) is 19.4 Å². The van der Waals surface area contributed by atoms with Crippen molar-refractivity contribution >= 4 is 12.3 Å². The van der Waals surface area contributed by atoms with E-state index in [0.29, 0.717) is 6.29 Å². The molecular formula is C9H6O4. The van der Waals surface area contributed by atoms with Crippen molar-refractivity contribution in [2.24, 2.45) is 0 Å². The summed E-state index contributed by atoms with van der Waals surface area (Å²) >= 11 is 0. The highest BCUT2D eigenvalue weighted by Gasteiger charge is 2.09. The Morgan fingerprint density at radius 3 is 3.00 bits per heavy atom. The molecule has 1 aromatic rings. The molecule has 0 N–H and O–H groups in total. The Hall–Kier alpha value is -2.02. The average molecular weight is 178 g/mol. The second kappa shape index (κ2) is 4.12. The van der Waals surface area contributed by atoms with Gasteiger partial charge in [0.15, 0.2) is 12.0 Å². The fraction of sp³-hybridized carbons (Fsp3) is 0.111. The summed E-state index contributed by atoms with van der Waals surface area (Å²) in [4.78, 5) is 20.7. The summed E-state index contributed by atoms with van der Waals surface area (Å²) in [6.45, 7) is 0. The summed E-state index contributed by atoms with van der Waals surface area (Å²) in [5.41, 5.74) is 0. The number of hydrogen-bond donors (Lipinski definition) is 0. The molecule has 1 rings (SSSR count). The lowest BCUT2D eigenvalue weighted by molar-refractivity contribution is -0.103. The lowest BCUT2D eigenvalue weighted by atomic mass is 10.4. The highest BCUT2D eigenvalue weighted by atomic mass is 16.5. The van der Waals surface area contributed by atoms with Gasteiger partial charge in [0.25, 0.3) is 0 Å². The molecule has 0 saturated heterocycles. The topological polar surface area (TPSA) is 56.5 Å². The highest BCUT2D eigenvalue weighted by Crippen LogP contribution is 2.07. The van der Waals surface area contributed by atoms with Gasteiger partial charge in [0.2, 0.25) is 5.76 Å². The van der Waals surface area contributed by atoms with E-state index in [4.69, 9.17) is 4.42 Å². The first-order valence-corrected chi connectivity index (χ1v) is 3.41. The molecule has 0 radical (unpaired) electrons. The highest BCUT2D eigenvalue weighted by molar-refractivity contribution is 5.86. The van der Waals surface area contributed by atoms with E-state index in [-0.39, 0.29) is 11.5 Å².